The van der Waals surface area contributed by atoms with Crippen LogP contribution in [0.1, 0.15) is 79.1 Å². The largest absolute Gasteiger partial charge is 0.331 e. The van der Waals surface area contributed by atoms with Crippen molar-refractivity contribution in [1.29, 1.82) is 0 Å². The SMILES string of the molecule is CCCCC(CCC)OP(=O)(O)C(CCC)CC(C)=O. The van der Waals surface area contributed by atoms with Crippen molar-refractivity contribution in [3.8, 4) is 0 Å². The molecule has 1 N–H and O–H groups in total. The molecule has 3 unspecified atom stereocenters. The Morgan fingerprint density at radius 1 is 1.10 bits per heavy atom. The molecule has 0 aliphatic rings. The van der Waals surface area contributed by atoms with Gasteiger partial charge in [0.15, 0.2) is 0 Å². The minimum absolute atomic E-state index is 0.0538. The van der Waals surface area contributed by atoms with E-state index in [-0.39, 0.29) is 18.3 Å². The van der Waals surface area contributed by atoms with E-state index in [0.717, 1.165) is 38.5 Å². The average Bonchev–Trinajstić information content (AvgIpc) is 2.35. The van der Waals surface area contributed by atoms with E-state index >= 15 is 0 Å². The van der Waals surface area contributed by atoms with Gasteiger partial charge < -0.3 is 14.2 Å². The van der Waals surface area contributed by atoms with Crippen molar-refractivity contribution in [2.45, 2.75) is 90.8 Å². The number of Topliss-reactive ketones (excluding diaryl/α,β-unsaturated/α-hetero) is 1. The zero-order valence-electron chi connectivity index (χ0n) is 13.4. The molecule has 20 heavy (non-hydrogen) atoms. The van der Waals surface area contributed by atoms with Crippen LogP contribution in [0.4, 0.5) is 0 Å². The molecule has 0 amide bonds. The van der Waals surface area contributed by atoms with E-state index in [4.69, 9.17) is 4.52 Å². The van der Waals surface area contributed by atoms with E-state index in [1.807, 2.05) is 13.8 Å². The van der Waals surface area contributed by atoms with E-state index in [1.54, 1.807) is 0 Å². The lowest BCUT2D eigenvalue weighted by atomic mass is 10.1. The van der Waals surface area contributed by atoms with Crippen LogP contribution in [0, 0.1) is 0 Å². The normalized spacial score (nSPS) is 17.4. The number of unbranched alkanes of at least 4 members (excludes halogenated alkanes) is 1. The highest BCUT2D eigenvalue weighted by molar-refractivity contribution is 7.53. The van der Waals surface area contributed by atoms with Crippen LogP contribution in [0.25, 0.3) is 0 Å². The molecule has 4 nitrogen and oxygen atoms in total. The topological polar surface area (TPSA) is 63.6 Å². The third kappa shape index (κ3) is 8.18. The molecule has 0 aromatic rings. The van der Waals surface area contributed by atoms with Gasteiger partial charge in [0.25, 0.3) is 0 Å². The Bertz CT molecular complexity index is 317. The summed E-state index contributed by atoms with van der Waals surface area (Å²) in [5, 5.41) is 0. The van der Waals surface area contributed by atoms with E-state index < -0.39 is 13.3 Å². The predicted octanol–water partition coefficient (Wildman–Crippen LogP) is 4.70. The van der Waals surface area contributed by atoms with E-state index in [2.05, 4.69) is 6.92 Å². The number of carbonyl (C=O) groups is 1. The zero-order valence-corrected chi connectivity index (χ0v) is 14.3. The second kappa shape index (κ2) is 10.5. The van der Waals surface area contributed by atoms with Crippen LogP contribution in [0.5, 0.6) is 0 Å². The summed E-state index contributed by atoms with van der Waals surface area (Å²) in [6.45, 7) is 7.55. The summed E-state index contributed by atoms with van der Waals surface area (Å²) in [5.41, 5.74) is -0.550. The van der Waals surface area contributed by atoms with Crippen LogP contribution in [-0.2, 0) is 13.9 Å². The molecule has 0 aromatic heterocycles. The molecule has 0 fully saturated rings. The molecule has 0 heterocycles. The molecule has 0 saturated carbocycles. The molecule has 0 saturated heterocycles. The maximum Gasteiger partial charge on any atom is 0.331 e. The van der Waals surface area contributed by atoms with Gasteiger partial charge in [-0.1, -0.05) is 46.5 Å². The first-order valence-electron chi connectivity index (χ1n) is 7.87. The minimum Gasteiger partial charge on any atom is -0.324 e. The average molecular weight is 306 g/mol. The Hall–Kier alpha value is -0.180. The summed E-state index contributed by atoms with van der Waals surface area (Å²) in [7, 11) is -3.72. The molecule has 5 heteroatoms. The van der Waals surface area contributed by atoms with Crippen molar-refractivity contribution in [3.05, 3.63) is 0 Å². The smallest absolute Gasteiger partial charge is 0.324 e. The van der Waals surface area contributed by atoms with Gasteiger partial charge in [-0.15, -0.1) is 0 Å². The molecular weight excluding hydrogens is 275 g/mol. The van der Waals surface area contributed by atoms with Gasteiger partial charge in [-0.3, -0.25) is 4.57 Å². The van der Waals surface area contributed by atoms with Gasteiger partial charge in [0.1, 0.15) is 5.78 Å². The number of ketones is 1. The first-order valence-corrected chi connectivity index (χ1v) is 9.52. The summed E-state index contributed by atoms with van der Waals surface area (Å²) < 4.78 is 18.0. The zero-order chi connectivity index (χ0) is 15.6. The number of rotatable bonds is 12. The Morgan fingerprint density at radius 2 is 1.70 bits per heavy atom. The van der Waals surface area contributed by atoms with Crippen molar-refractivity contribution >= 4 is 13.4 Å². The van der Waals surface area contributed by atoms with Crippen molar-refractivity contribution in [2.24, 2.45) is 0 Å². The molecule has 0 rings (SSSR count). The number of carbonyl (C=O) groups excluding carboxylic acids is 1. The maximum absolute atomic E-state index is 12.5. The lowest BCUT2D eigenvalue weighted by molar-refractivity contribution is -0.117. The summed E-state index contributed by atoms with van der Waals surface area (Å²) in [4.78, 5) is 21.5. The molecule has 0 aliphatic heterocycles. The third-order valence-electron chi connectivity index (χ3n) is 3.40. The first-order chi connectivity index (χ1) is 9.37. The third-order valence-corrected chi connectivity index (χ3v) is 5.36. The highest BCUT2D eigenvalue weighted by Gasteiger charge is 2.34. The summed E-state index contributed by atoms with van der Waals surface area (Å²) in [6.07, 6.45) is 5.88. The van der Waals surface area contributed by atoms with Gasteiger partial charge in [-0.2, -0.15) is 0 Å². The lowest BCUT2D eigenvalue weighted by Gasteiger charge is -2.26. The monoisotopic (exact) mass is 306 g/mol. The van der Waals surface area contributed by atoms with E-state index in [0.29, 0.717) is 6.42 Å². The molecule has 120 valence electrons. The molecule has 0 spiro atoms. The van der Waals surface area contributed by atoms with Crippen molar-refractivity contribution in [2.75, 3.05) is 0 Å². The number of hydrogen-bond donors (Lipinski definition) is 1. The van der Waals surface area contributed by atoms with Gasteiger partial charge in [0.05, 0.1) is 11.8 Å². The summed E-state index contributed by atoms with van der Waals surface area (Å²) in [5.74, 6) is -0.0538. The fraction of sp³-hybridized carbons (Fsp3) is 0.933. The molecule has 0 aromatic carbocycles. The quantitative estimate of drug-likeness (QED) is 0.531. The van der Waals surface area contributed by atoms with Crippen LogP contribution >= 0.6 is 7.60 Å². The van der Waals surface area contributed by atoms with Crippen LogP contribution in [0.15, 0.2) is 0 Å². The second-order valence-electron chi connectivity index (χ2n) is 5.57. The van der Waals surface area contributed by atoms with E-state index in [9.17, 15) is 14.3 Å². The Labute approximate surface area is 123 Å². The van der Waals surface area contributed by atoms with Crippen LogP contribution in [0.3, 0.4) is 0 Å². The van der Waals surface area contributed by atoms with Crippen molar-refractivity contribution < 1.29 is 18.8 Å². The standard InChI is InChI=1S/C15H31O4P/c1-5-8-11-14(9-6-2)19-20(17,18)15(10-7-3)12-13(4)16/h14-15H,5-12H2,1-4H3,(H,17,18). The molecule has 0 aliphatic carbocycles. The molecular formula is C15H31O4P. The Kier molecular flexibility index (Phi) is 10.4. The highest BCUT2D eigenvalue weighted by Crippen LogP contribution is 2.52. The molecule has 0 bridgehead atoms. The highest BCUT2D eigenvalue weighted by atomic mass is 31.2. The Balaban J connectivity index is 4.75. The second-order valence-corrected chi connectivity index (χ2v) is 7.64. The van der Waals surface area contributed by atoms with Crippen molar-refractivity contribution in [3.63, 3.8) is 0 Å². The van der Waals surface area contributed by atoms with Crippen LogP contribution in [0.2, 0.25) is 0 Å². The molecule has 3 atom stereocenters. The predicted molar refractivity (Wildman–Crippen MR) is 83.1 cm³/mol. The van der Waals surface area contributed by atoms with Crippen molar-refractivity contribution in [1.82, 2.24) is 0 Å². The van der Waals surface area contributed by atoms with Gasteiger partial charge in [-0.05, 0) is 26.2 Å². The van der Waals surface area contributed by atoms with Gasteiger partial charge in [0.2, 0.25) is 0 Å². The summed E-state index contributed by atoms with van der Waals surface area (Å²) in [6, 6.07) is 0. The molecule has 0 radical (unpaired) electrons. The number of hydrogen-bond acceptors (Lipinski definition) is 3. The summed E-state index contributed by atoms with van der Waals surface area (Å²) >= 11 is 0. The lowest BCUT2D eigenvalue weighted by Crippen LogP contribution is -2.19. The first kappa shape index (κ1) is 19.8. The minimum atomic E-state index is -3.72. The van der Waals surface area contributed by atoms with Gasteiger partial charge >= 0.3 is 7.60 Å². The Morgan fingerprint density at radius 3 is 2.15 bits per heavy atom. The fourth-order valence-corrected chi connectivity index (χ4v) is 4.23. The fourth-order valence-electron chi connectivity index (χ4n) is 2.35. The van der Waals surface area contributed by atoms with Gasteiger partial charge in [0, 0.05) is 6.42 Å². The van der Waals surface area contributed by atoms with Crippen LogP contribution in [-0.4, -0.2) is 22.4 Å². The van der Waals surface area contributed by atoms with Gasteiger partial charge in [-0.25, -0.2) is 0 Å². The van der Waals surface area contributed by atoms with Crippen LogP contribution < -0.4 is 0 Å². The van der Waals surface area contributed by atoms with E-state index in [1.165, 1.54) is 6.92 Å². The maximum atomic E-state index is 12.5.